The summed E-state index contributed by atoms with van der Waals surface area (Å²) < 4.78 is 0. The SMILES string of the molecule is CN(C)c1ncc(C2(C(=O)O)CC2)s1. The Morgan fingerprint density at radius 3 is 2.64 bits per heavy atom. The molecular formula is C9H12N2O2S. The van der Waals surface area contributed by atoms with Gasteiger partial charge in [0.05, 0.1) is 0 Å². The molecule has 0 radical (unpaired) electrons. The molecule has 4 nitrogen and oxygen atoms in total. The van der Waals surface area contributed by atoms with Crippen molar-refractivity contribution in [1.29, 1.82) is 0 Å². The summed E-state index contributed by atoms with van der Waals surface area (Å²) in [5.74, 6) is -0.716. The van der Waals surface area contributed by atoms with Crippen molar-refractivity contribution < 1.29 is 9.90 Å². The molecular weight excluding hydrogens is 200 g/mol. The maximum Gasteiger partial charge on any atom is 0.315 e. The van der Waals surface area contributed by atoms with Gasteiger partial charge in [-0.15, -0.1) is 11.3 Å². The number of anilines is 1. The molecule has 1 fully saturated rings. The van der Waals surface area contributed by atoms with Crippen molar-refractivity contribution in [3.8, 4) is 0 Å². The predicted octanol–water partition coefficient (Wildman–Crippen LogP) is 1.33. The number of hydrogen-bond acceptors (Lipinski definition) is 4. The molecule has 0 spiro atoms. The molecule has 0 amide bonds. The molecule has 1 aromatic heterocycles. The van der Waals surface area contributed by atoms with E-state index in [0.29, 0.717) is 0 Å². The minimum absolute atomic E-state index is 0.605. The van der Waals surface area contributed by atoms with Crippen LogP contribution in [0.25, 0.3) is 0 Å². The lowest BCUT2D eigenvalue weighted by Gasteiger charge is -2.07. The molecule has 1 aromatic rings. The Hall–Kier alpha value is -1.10. The van der Waals surface area contributed by atoms with E-state index in [2.05, 4.69) is 4.98 Å². The second kappa shape index (κ2) is 2.95. The van der Waals surface area contributed by atoms with Gasteiger partial charge in [0.25, 0.3) is 0 Å². The third-order valence-electron chi connectivity index (χ3n) is 2.51. The lowest BCUT2D eigenvalue weighted by atomic mass is 10.1. The van der Waals surface area contributed by atoms with Crippen molar-refractivity contribution in [1.82, 2.24) is 4.98 Å². The molecule has 0 unspecified atom stereocenters. The Labute approximate surface area is 86.2 Å². The number of nitrogens with zero attached hydrogens (tertiary/aromatic N) is 2. The van der Waals surface area contributed by atoms with E-state index in [-0.39, 0.29) is 0 Å². The maximum atomic E-state index is 11.0. The molecule has 1 N–H and O–H groups in total. The fraction of sp³-hybridized carbons (Fsp3) is 0.556. The lowest BCUT2D eigenvalue weighted by molar-refractivity contribution is -0.139. The average molecular weight is 212 g/mol. The van der Waals surface area contributed by atoms with Crippen LogP contribution >= 0.6 is 11.3 Å². The van der Waals surface area contributed by atoms with Crippen LogP contribution in [-0.2, 0) is 10.2 Å². The molecule has 1 aliphatic carbocycles. The second-order valence-electron chi connectivity index (χ2n) is 3.79. The van der Waals surface area contributed by atoms with Crippen LogP contribution in [0.4, 0.5) is 5.13 Å². The summed E-state index contributed by atoms with van der Waals surface area (Å²) in [7, 11) is 3.81. The van der Waals surface area contributed by atoms with E-state index >= 15 is 0 Å². The summed E-state index contributed by atoms with van der Waals surface area (Å²) >= 11 is 1.47. The summed E-state index contributed by atoms with van der Waals surface area (Å²) in [6.07, 6.45) is 3.19. The highest BCUT2D eigenvalue weighted by atomic mass is 32.1. The number of aliphatic carboxylic acids is 1. The van der Waals surface area contributed by atoms with Gasteiger partial charge < -0.3 is 10.0 Å². The van der Waals surface area contributed by atoms with E-state index in [9.17, 15) is 4.79 Å². The average Bonchev–Trinajstić information content (AvgIpc) is 2.77. The van der Waals surface area contributed by atoms with Crippen molar-refractivity contribution in [3.63, 3.8) is 0 Å². The highest BCUT2D eigenvalue weighted by molar-refractivity contribution is 7.15. The van der Waals surface area contributed by atoms with Gasteiger partial charge in [0.1, 0.15) is 5.41 Å². The molecule has 5 heteroatoms. The van der Waals surface area contributed by atoms with Gasteiger partial charge in [0.15, 0.2) is 5.13 Å². The number of thiazole rings is 1. The summed E-state index contributed by atoms with van der Waals surface area (Å²) in [4.78, 5) is 18.0. The number of carboxylic acids is 1. The topological polar surface area (TPSA) is 53.4 Å². The Morgan fingerprint density at radius 2 is 2.29 bits per heavy atom. The van der Waals surface area contributed by atoms with E-state index in [1.807, 2.05) is 19.0 Å². The summed E-state index contributed by atoms with van der Waals surface area (Å²) in [6, 6.07) is 0. The third kappa shape index (κ3) is 1.28. The normalized spacial score (nSPS) is 17.9. The first-order valence-electron chi connectivity index (χ1n) is 4.43. The van der Waals surface area contributed by atoms with Gasteiger partial charge in [-0.1, -0.05) is 0 Å². The summed E-state index contributed by atoms with van der Waals surface area (Å²) in [5.41, 5.74) is -0.605. The lowest BCUT2D eigenvalue weighted by Crippen LogP contribution is -2.17. The quantitative estimate of drug-likeness (QED) is 0.821. The zero-order valence-electron chi connectivity index (χ0n) is 8.15. The number of carbonyl (C=O) groups is 1. The molecule has 0 atom stereocenters. The van der Waals surface area contributed by atoms with Crippen LogP contribution in [-0.4, -0.2) is 30.2 Å². The fourth-order valence-corrected chi connectivity index (χ4v) is 2.46. The van der Waals surface area contributed by atoms with E-state index in [0.717, 1.165) is 22.9 Å². The zero-order valence-corrected chi connectivity index (χ0v) is 8.97. The van der Waals surface area contributed by atoms with Gasteiger partial charge in [-0.25, -0.2) is 4.98 Å². The summed E-state index contributed by atoms with van der Waals surface area (Å²) in [6.45, 7) is 0. The third-order valence-corrected chi connectivity index (χ3v) is 3.88. The van der Waals surface area contributed by atoms with Crippen LogP contribution in [0.15, 0.2) is 6.20 Å². The first kappa shape index (κ1) is 9.45. The first-order chi connectivity index (χ1) is 6.56. The van der Waals surface area contributed by atoms with E-state index in [4.69, 9.17) is 5.11 Å². The minimum atomic E-state index is -0.716. The Balaban J connectivity index is 2.30. The van der Waals surface area contributed by atoms with Gasteiger partial charge in [-0.2, -0.15) is 0 Å². The molecule has 76 valence electrons. The molecule has 1 heterocycles. The van der Waals surface area contributed by atoms with Gasteiger partial charge in [-0.05, 0) is 12.8 Å². The van der Waals surface area contributed by atoms with Crippen molar-refractivity contribution in [3.05, 3.63) is 11.1 Å². The zero-order chi connectivity index (χ0) is 10.3. The van der Waals surface area contributed by atoms with Crippen LogP contribution in [0.5, 0.6) is 0 Å². The largest absolute Gasteiger partial charge is 0.481 e. The molecule has 0 aromatic carbocycles. The van der Waals surface area contributed by atoms with Crippen molar-refractivity contribution >= 4 is 22.4 Å². The van der Waals surface area contributed by atoms with Gasteiger partial charge in [0.2, 0.25) is 0 Å². The number of carboxylic acid groups (broad SMARTS) is 1. The van der Waals surface area contributed by atoms with Crippen LogP contribution in [0.1, 0.15) is 17.7 Å². The van der Waals surface area contributed by atoms with Crippen molar-refractivity contribution in [2.75, 3.05) is 19.0 Å². The first-order valence-corrected chi connectivity index (χ1v) is 5.25. The molecule has 0 saturated heterocycles. The number of hydrogen-bond donors (Lipinski definition) is 1. The van der Waals surface area contributed by atoms with E-state index in [1.165, 1.54) is 11.3 Å². The Bertz CT molecular complexity index is 369. The van der Waals surface area contributed by atoms with Crippen molar-refractivity contribution in [2.24, 2.45) is 0 Å². The van der Waals surface area contributed by atoms with Crippen LogP contribution in [0, 0.1) is 0 Å². The fourth-order valence-electron chi connectivity index (χ4n) is 1.38. The van der Waals surface area contributed by atoms with Gasteiger partial charge >= 0.3 is 5.97 Å². The van der Waals surface area contributed by atoms with Crippen LogP contribution < -0.4 is 4.90 Å². The van der Waals surface area contributed by atoms with Crippen LogP contribution in [0.3, 0.4) is 0 Å². The van der Waals surface area contributed by atoms with Gasteiger partial charge in [0, 0.05) is 25.2 Å². The second-order valence-corrected chi connectivity index (χ2v) is 4.80. The molecule has 14 heavy (non-hydrogen) atoms. The smallest absolute Gasteiger partial charge is 0.315 e. The number of rotatable bonds is 3. The monoisotopic (exact) mass is 212 g/mol. The van der Waals surface area contributed by atoms with Crippen LogP contribution in [0.2, 0.25) is 0 Å². The maximum absolute atomic E-state index is 11.0. The highest BCUT2D eigenvalue weighted by Gasteiger charge is 2.53. The molecule has 1 saturated carbocycles. The standard InChI is InChI=1S/C9H12N2O2S/c1-11(2)8-10-5-6(14-8)9(3-4-9)7(12)13/h5H,3-4H2,1-2H3,(H,12,13). The predicted molar refractivity (Wildman–Crippen MR) is 55.0 cm³/mol. The molecule has 2 rings (SSSR count). The van der Waals surface area contributed by atoms with E-state index < -0.39 is 11.4 Å². The minimum Gasteiger partial charge on any atom is -0.481 e. The summed E-state index contributed by atoms with van der Waals surface area (Å²) in [5, 5.41) is 9.94. The number of aromatic nitrogens is 1. The van der Waals surface area contributed by atoms with Gasteiger partial charge in [-0.3, -0.25) is 4.79 Å². The highest BCUT2D eigenvalue weighted by Crippen LogP contribution is 2.51. The molecule has 0 bridgehead atoms. The molecule has 0 aliphatic heterocycles. The molecule has 1 aliphatic rings. The van der Waals surface area contributed by atoms with E-state index in [1.54, 1.807) is 6.20 Å². The Kier molecular flexibility index (Phi) is 1.99. The Morgan fingerprint density at radius 1 is 1.64 bits per heavy atom. The van der Waals surface area contributed by atoms with Crippen molar-refractivity contribution in [2.45, 2.75) is 18.3 Å².